The van der Waals surface area contributed by atoms with Gasteiger partial charge in [-0.1, -0.05) is 52.2 Å². The van der Waals surface area contributed by atoms with Crippen LogP contribution in [0.25, 0.3) is 0 Å². The second-order valence-corrected chi connectivity index (χ2v) is 13.5. The maximum Gasteiger partial charge on any atom is 0.315 e. The molecule has 3 saturated carbocycles. The van der Waals surface area contributed by atoms with Gasteiger partial charge in [0.2, 0.25) is 0 Å². The van der Waals surface area contributed by atoms with Gasteiger partial charge in [0.15, 0.2) is 6.29 Å². The van der Waals surface area contributed by atoms with Gasteiger partial charge >= 0.3 is 5.97 Å². The quantitative estimate of drug-likeness (QED) is 0.388. The number of fused-ring (bicyclic) bond motifs is 3. The van der Waals surface area contributed by atoms with E-state index in [1.54, 1.807) is 0 Å². The van der Waals surface area contributed by atoms with Crippen LogP contribution in [0.15, 0.2) is 11.6 Å². The largest absolute Gasteiger partial charge is 0.481 e. The van der Waals surface area contributed by atoms with E-state index < -0.39 is 34.6 Å². The van der Waals surface area contributed by atoms with Crippen LogP contribution in [0.2, 0.25) is 0 Å². The van der Waals surface area contributed by atoms with Gasteiger partial charge in [0.05, 0.1) is 30.8 Å². The van der Waals surface area contributed by atoms with Gasteiger partial charge in [-0.2, -0.15) is 0 Å². The van der Waals surface area contributed by atoms with Crippen LogP contribution >= 0.6 is 0 Å². The van der Waals surface area contributed by atoms with Crippen molar-refractivity contribution in [3.63, 3.8) is 0 Å². The highest BCUT2D eigenvalue weighted by atomic mass is 16.7. The second kappa shape index (κ2) is 8.61. The fraction of sp³-hybridized carbons (Fsp3) is 0.867. The molecule has 4 bridgehead atoms. The van der Waals surface area contributed by atoms with Crippen LogP contribution in [0.4, 0.5) is 0 Å². The third-order valence-corrected chi connectivity index (χ3v) is 12.1. The molecule has 0 radical (unpaired) electrons. The molecule has 13 atom stereocenters. The highest BCUT2D eigenvalue weighted by molar-refractivity contribution is 5.90. The normalized spacial score (nSPS) is 53.8. The van der Waals surface area contributed by atoms with E-state index in [0.29, 0.717) is 24.9 Å². The molecule has 0 amide bonds. The Morgan fingerprint density at radius 2 is 2.03 bits per heavy atom. The monoisotopic (exact) mass is 516 g/mol. The van der Waals surface area contributed by atoms with Crippen LogP contribution in [0.3, 0.4) is 0 Å². The molecule has 7 heteroatoms. The fourth-order valence-corrected chi connectivity index (χ4v) is 10.6. The van der Waals surface area contributed by atoms with E-state index in [4.69, 9.17) is 14.2 Å². The van der Waals surface area contributed by atoms with E-state index in [1.165, 1.54) is 0 Å². The molecule has 2 N–H and O–H groups in total. The topological polar surface area (TPSA) is 102 Å². The number of allylic oxidation sites excluding steroid dienone is 1. The Morgan fingerprint density at radius 3 is 2.68 bits per heavy atom. The predicted octanol–water partition coefficient (Wildman–Crippen LogP) is 4.07. The SMILES string of the molecule is CC[C@@H]1COC2C1[C@H](O)[C@H](OCC13CC4C(CC[C@H]4C)[C@]4(C=O)CC1C=C(C(C)C)C34C(=O)O)O[C@@H]2C. The molecule has 6 aliphatic rings. The zero-order valence-electron chi connectivity index (χ0n) is 22.9. The molecule has 206 valence electrons. The van der Waals surface area contributed by atoms with Gasteiger partial charge in [-0.15, -0.1) is 0 Å². The average molecular weight is 517 g/mol. The lowest BCUT2D eigenvalue weighted by atomic mass is 9.43. The Bertz CT molecular complexity index is 992. The van der Waals surface area contributed by atoms with Crippen molar-refractivity contribution >= 4 is 12.3 Å². The summed E-state index contributed by atoms with van der Waals surface area (Å²) in [6.45, 7) is 11.2. The number of aliphatic hydroxyl groups excluding tert-OH is 1. The zero-order valence-corrected chi connectivity index (χ0v) is 22.9. The van der Waals surface area contributed by atoms with Gasteiger partial charge in [-0.3, -0.25) is 4.79 Å². The number of aldehydes is 1. The Labute approximate surface area is 220 Å². The van der Waals surface area contributed by atoms with E-state index in [-0.39, 0.29) is 48.4 Å². The second-order valence-electron chi connectivity index (χ2n) is 13.5. The van der Waals surface area contributed by atoms with Crippen LogP contribution in [0.5, 0.6) is 0 Å². The predicted molar refractivity (Wildman–Crippen MR) is 135 cm³/mol. The highest BCUT2D eigenvalue weighted by Crippen LogP contribution is 2.82. The molecule has 37 heavy (non-hydrogen) atoms. The van der Waals surface area contributed by atoms with Gasteiger partial charge in [-0.25, -0.2) is 0 Å². The summed E-state index contributed by atoms with van der Waals surface area (Å²) < 4.78 is 18.7. The van der Waals surface area contributed by atoms with E-state index >= 15 is 0 Å². The summed E-state index contributed by atoms with van der Waals surface area (Å²) in [7, 11) is 0. The minimum atomic E-state index is -1.28. The number of carbonyl (C=O) groups is 2. The van der Waals surface area contributed by atoms with Crippen LogP contribution in [-0.4, -0.2) is 60.3 Å². The molecule has 0 spiro atoms. The first-order valence-electron chi connectivity index (χ1n) is 14.6. The Morgan fingerprint density at radius 1 is 1.27 bits per heavy atom. The van der Waals surface area contributed by atoms with Crippen LogP contribution in [0, 0.1) is 57.7 Å². The molecule has 7 unspecified atom stereocenters. The molecule has 5 fully saturated rings. The molecule has 7 nitrogen and oxygen atoms in total. The molecule has 6 rings (SSSR count). The molecule has 2 aliphatic heterocycles. The summed E-state index contributed by atoms with van der Waals surface area (Å²) in [5, 5.41) is 22.5. The first-order valence-corrected chi connectivity index (χ1v) is 14.6. The maximum atomic E-state index is 13.6. The summed E-state index contributed by atoms with van der Waals surface area (Å²) >= 11 is 0. The van der Waals surface area contributed by atoms with Crippen LogP contribution in [0.1, 0.15) is 66.7 Å². The number of hydrogen-bond donors (Lipinski definition) is 2. The number of carboxylic acids is 1. The van der Waals surface area contributed by atoms with Crippen molar-refractivity contribution in [2.24, 2.45) is 57.7 Å². The lowest BCUT2D eigenvalue weighted by molar-refractivity contribution is -0.289. The molecule has 0 aromatic carbocycles. The number of carboxylic acid groups (broad SMARTS) is 1. The first-order chi connectivity index (χ1) is 17.6. The standard InChI is InChI=1S/C30H44O7/c1-6-18-12-35-25-17(5)37-26(24(32)23(18)25)36-14-29-11-20-16(4)7-8-21(20)28(13-31)10-19(29)9-22(15(2)3)30(28,29)27(33)34/h9,13,15-21,23-26,32H,6-8,10-12,14H2,1-5H3,(H,33,34)/t16-,17-,18-,19?,20?,21?,23?,24+,25?,26-,28-,29?,30?/m1/s1. The molecule has 4 aliphatic carbocycles. The van der Waals surface area contributed by atoms with Crippen LogP contribution in [-0.2, 0) is 23.8 Å². The van der Waals surface area contributed by atoms with Gasteiger partial charge in [0.1, 0.15) is 17.8 Å². The molecule has 0 aromatic rings. The number of hydrogen-bond acceptors (Lipinski definition) is 6. The van der Waals surface area contributed by atoms with Crippen molar-refractivity contribution in [1.29, 1.82) is 0 Å². The number of carbonyl (C=O) groups excluding carboxylic acids is 1. The molecular weight excluding hydrogens is 472 g/mol. The summed E-state index contributed by atoms with van der Waals surface area (Å²) in [5.41, 5.74) is -2.01. The number of aliphatic carboxylic acids is 1. The summed E-state index contributed by atoms with van der Waals surface area (Å²) in [6.07, 6.45) is 5.37. The van der Waals surface area contributed by atoms with Crippen molar-refractivity contribution < 1.29 is 34.0 Å². The number of aliphatic hydroxyl groups is 1. The summed E-state index contributed by atoms with van der Waals surface area (Å²) in [4.78, 5) is 26.8. The van der Waals surface area contributed by atoms with E-state index in [1.807, 2.05) is 6.92 Å². The van der Waals surface area contributed by atoms with Crippen molar-refractivity contribution in [3.8, 4) is 0 Å². The molecule has 2 saturated heterocycles. The van der Waals surface area contributed by atoms with E-state index in [2.05, 4.69) is 33.8 Å². The Balaban J connectivity index is 1.39. The number of ether oxygens (including phenoxy) is 3. The Kier molecular flexibility index (Phi) is 6.04. The molecular formula is C30H44O7. The number of rotatable bonds is 7. The summed E-state index contributed by atoms with van der Waals surface area (Å²) in [5.74, 6) is 0.142. The third kappa shape index (κ3) is 2.98. The molecule has 0 aromatic heterocycles. The lowest BCUT2D eigenvalue weighted by Gasteiger charge is -2.58. The smallest absolute Gasteiger partial charge is 0.315 e. The Hall–Kier alpha value is -1.28. The average Bonchev–Trinajstić information content (AvgIpc) is 3.58. The third-order valence-electron chi connectivity index (χ3n) is 12.1. The molecule has 2 heterocycles. The lowest BCUT2D eigenvalue weighted by Crippen LogP contribution is -2.64. The van der Waals surface area contributed by atoms with Gasteiger partial charge in [-0.05, 0) is 61.7 Å². The zero-order chi connectivity index (χ0) is 26.5. The fourth-order valence-electron chi connectivity index (χ4n) is 10.6. The van der Waals surface area contributed by atoms with Gasteiger partial charge < -0.3 is 29.2 Å². The van der Waals surface area contributed by atoms with E-state index in [9.17, 15) is 19.8 Å². The van der Waals surface area contributed by atoms with Gasteiger partial charge in [0.25, 0.3) is 0 Å². The van der Waals surface area contributed by atoms with Crippen molar-refractivity contribution in [3.05, 3.63) is 11.6 Å². The van der Waals surface area contributed by atoms with Crippen molar-refractivity contribution in [2.75, 3.05) is 13.2 Å². The van der Waals surface area contributed by atoms with Crippen molar-refractivity contribution in [2.45, 2.75) is 91.3 Å². The highest BCUT2D eigenvalue weighted by Gasteiger charge is 2.84. The van der Waals surface area contributed by atoms with Gasteiger partial charge in [0, 0.05) is 11.3 Å². The summed E-state index contributed by atoms with van der Waals surface area (Å²) in [6, 6.07) is 0. The first kappa shape index (κ1) is 26.0. The minimum Gasteiger partial charge on any atom is -0.481 e. The van der Waals surface area contributed by atoms with Crippen molar-refractivity contribution in [1.82, 2.24) is 0 Å². The maximum absolute atomic E-state index is 13.6. The van der Waals surface area contributed by atoms with E-state index in [0.717, 1.165) is 37.5 Å². The minimum absolute atomic E-state index is 0.0220. The van der Waals surface area contributed by atoms with Crippen LogP contribution < -0.4 is 0 Å².